The van der Waals surface area contributed by atoms with Gasteiger partial charge in [0.25, 0.3) is 0 Å². The van der Waals surface area contributed by atoms with Crippen molar-refractivity contribution >= 4 is 11.2 Å². The first-order chi connectivity index (χ1) is 18.5. The maximum absolute atomic E-state index is 8.32. The Kier molecular flexibility index (Phi) is 7.93. The SMILES string of the molecule is COc1cccc(COCC(C)c2nc3c([nH]2)c(=N)ncn3Cc2ccc(OC)c(OC3CCCC3)c2)c1. The van der Waals surface area contributed by atoms with Crippen LogP contribution in [0, 0.1) is 5.41 Å². The van der Waals surface area contributed by atoms with Gasteiger partial charge in [-0.25, -0.2) is 9.97 Å². The summed E-state index contributed by atoms with van der Waals surface area (Å²) in [5, 5.41) is 8.32. The van der Waals surface area contributed by atoms with Gasteiger partial charge in [0.2, 0.25) is 0 Å². The zero-order valence-corrected chi connectivity index (χ0v) is 22.2. The van der Waals surface area contributed by atoms with Gasteiger partial charge in [0, 0.05) is 5.92 Å². The number of benzene rings is 2. The molecule has 2 aromatic heterocycles. The van der Waals surface area contributed by atoms with Crippen LogP contribution in [0.2, 0.25) is 0 Å². The molecule has 2 N–H and O–H groups in total. The highest BCUT2D eigenvalue weighted by Crippen LogP contribution is 2.33. The topological polar surface area (TPSA) is 107 Å². The van der Waals surface area contributed by atoms with Gasteiger partial charge < -0.3 is 28.5 Å². The van der Waals surface area contributed by atoms with Crippen molar-refractivity contribution in [3.05, 3.63) is 71.2 Å². The molecule has 5 rings (SSSR count). The van der Waals surface area contributed by atoms with Gasteiger partial charge in [-0.15, -0.1) is 0 Å². The van der Waals surface area contributed by atoms with E-state index in [0.29, 0.717) is 30.9 Å². The minimum atomic E-state index is 0.00765. The van der Waals surface area contributed by atoms with E-state index in [4.69, 9.17) is 29.3 Å². The molecule has 1 unspecified atom stereocenters. The summed E-state index contributed by atoms with van der Waals surface area (Å²) in [5.41, 5.74) is 3.56. The molecule has 0 saturated heterocycles. The van der Waals surface area contributed by atoms with Crippen LogP contribution in [0.1, 0.15) is 55.5 Å². The zero-order chi connectivity index (χ0) is 26.5. The highest BCUT2D eigenvalue weighted by atomic mass is 16.5. The van der Waals surface area contributed by atoms with Crippen molar-refractivity contribution in [2.45, 2.75) is 57.8 Å². The second-order valence-corrected chi connectivity index (χ2v) is 9.82. The van der Waals surface area contributed by atoms with Crippen LogP contribution in [0.4, 0.5) is 0 Å². The number of aromatic nitrogens is 4. The Morgan fingerprint density at radius 1 is 1.05 bits per heavy atom. The Labute approximate surface area is 222 Å². The Hall–Kier alpha value is -3.85. The Balaban J connectivity index is 1.31. The van der Waals surface area contributed by atoms with Crippen LogP contribution in [0.25, 0.3) is 11.2 Å². The second kappa shape index (κ2) is 11.7. The highest BCUT2D eigenvalue weighted by molar-refractivity contribution is 5.69. The summed E-state index contributed by atoms with van der Waals surface area (Å²) in [4.78, 5) is 12.5. The van der Waals surface area contributed by atoms with E-state index in [-0.39, 0.29) is 17.5 Å². The molecule has 0 spiro atoms. The molecular weight excluding hydrogens is 482 g/mol. The number of hydrogen-bond acceptors (Lipinski definition) is 7. The van der Waals surface area contributed by atoms with Crippen molar-refractivity contribution in [3.8, 4) is 17.2 Å². The van der Waals surface area contributed by atoms with Crippen molar-refractivity contribution in [3.63, 3.8) is 0 Å². The molecule has 38 heavy (non-hydrogen) atoms. The van der Waals surface area contributed by atoms with Gasteiger partial charge in [-0.05, 0) is 61.1 Å². The van der Waals surface area contributed by atoms with Crippen LogP contribution in [-0.2, 0) is 17.9 Å². The predicted molar refractivity (Wildman–Crippen MR) is 144 cm³/mol. The molecule has 1 aliphatic rings. The molecule has 2 heterocycles. The molecule has 0 bridgehead atoms. The quantitative estimate of drug-likeness (QED) is 0.292. The third-order valence-electron chi connectivity index (χ3n) is 6.95. The number of imidazole rings is 1. The molecule has 0 aliphatic heterocycles. The lowest BCUT2D eigenvalue weighted by molar-refractivity contribution is 0.109. The molecule has 0 radical (unpaired) electrons. The third kappa shape index (κ3) is 5.83. The maximum Gasteiger partial charge on any atom is 0.173 e. The van der Waals surface area contributed by atoms with Crippen LogP contribution in [0.5, 0.6) is 17.2 Å². The van der Waals surface area contributed by atoms with E-state index in [1.807, 2.05) is 47.0 Å². The fraction of sp³-hybridized carbons (Fsp3) is 0.414. The Morgan fingerprint density at radius 2 is 1.89 bits per heavy atom. The average molecular weight is 518 g/mol. The summed E-state index contributed by atoms with van der Waals surface area (Å²) in [5.74, 6) is 3.09. The van der Waals surface area contributed by atoms with Crippen molar-refractivity contribution in [1.82, 2.24) is 19.5 Å². The van der Waals surface area contributed by atoms with E-state index in [9.17, 15) is 0 Å². The van der Waals surface area contributed by atoms with Crippen LogP contribution in [-0.4, -0.2) is 46.4 Å². The highest BCUT2D eigenvalue weighted by Gasteiger charge is 2.19. The fourth-order valence-electron chi connectivity index (χ4n) is 4.84. The zero-order valence-electron chi connectivity index (χ0n) is 22.2. The molecule has 1 aliphatic carbocycles. The lowest BCUT2D eigenvalue weighted by Gasteiger charge is -2.17. The summed E-state index contributed by atoms with van der Waals surface area (Å²) in [7, 11) is 3.32. The molecule has 9 nitrogen and oxygen atoms in total. The maximum atomic E-state index is 8.32. The van der Waals surface area contributed by atoms with Crippen molar-refractivity contribution < 1.29 is 18.9 Å². The molecular formula is C29H35N5O4. The molecule has 1 fully saturated rings. The Bertz CT molecular complexity index is 1440. The van der Waals surface area contributed by atoms with E-state index in [1.165, 1.54) is 12.8 Å². The number of aromatic amines is 1. The summed E-state index contributed by atoms with van der Waals surface area (Å²) in [6, 6.07) is 13.9. The smallest absolute Gasteiger partial charge is 0.173 e. The predicted octanol–water partition coefficient (Wildman–Crippen LogP) is 4.95. The first-order valence-corrected chi connectivity index (χ1v) is 13.1. The van der Waals surface area contributed by atoms with Crippen LogP contribution >= 0.6 is 0 Å². The molecule has 4 aromatic rings. The summed E-state index contributed by atoms with van der Waals surface area (Å²) in [6.45, 7) is 3.56. The number of nitrogens with zero attached hydrogens (tertiary/aromatic N) is 3. The number of nitrogens with one attached hydrogen (secondary N) is 2. The van der Waals surface area contributed by atoms with Crippen molar-refractivity contribution in [1.29, 1.82) is 5.41 Å². The van der Waals surface area contributed by atoms with E-state index < -0.39 is 0 Å². The molecule has 0 amide bonds. The minimum absolute atomic E-state index is 0.00765. The fourth-order valence-corrected chi connectivity index (χ4v) is 4.84. The van der Waals surface area contributed by atoms with E-state index in [0.717, 1.165) is 47.0 Å². The normalized spacial score (nSPS) is 14.6. The van der Waals surface area contributed by atoms with Crippen molar-refractivity contribution in [2.24, 2.45) is 0 Å². The molecule has 9 heteroatoms. The monoisotopic (exact) mass is 517 g/mol. The first-order valence-electron chi connectivity index (χ1n) is 13.1. The van der Waals surface area contributed by atoms with Crippen molar-refractivity contribution in [2.75, 3.05) is 20.8 Å². The Morgan fingerprint density at radius 3 is 2.68 bits per heavy atom. The van der Waals surface area contributed by atoms with Gasteiger partial charge >= 0.3 is 0 Å². The lowest BCUT2D eigenvalue weighted by Crippen LogP contribution is -2.14. The van der Waals surface area contributed by atoms with Gasteiger partial charge in [0.15, 0.2) is 22.6 Å². The number of fused-ring (bicyclic) bond motifs is 1. The van der Waals surface area contributed by atoms with E-state index in [1.54, 1.807) is 20.5 Å². The molecule has 2 aromatic carbocycles. The number of methoxy groups -OCH3 is 2. The number of H-pyrrole nitrogens is 1. The van der Waals surface area contributed by atoms with Gasteiger partial charge in [-0.1, -0.05) is 25.1 Å². The molecule has 1 atom stereocenters. The lowest BCUT2D eigenvalue weighted by atomic mass is 10.2. The standard InChI is InChI=1S/C29H35N5O4/c1-19(16-37-17-21-7-6-10-23(13-21)35-2)28-32-26-27(30)31-18-34(29(26)33-28)15-20-11-12-24(36-3)25(14-20)38-22-8-4-5-9-22/h6-7,10-14,18-19,22,30H,4-5,8-9,15-17H2,1-3H3,(H,32,33). The second-order valence-electron chi connectivity index (χ2n) is 9.82. The van der Waals surface area contributed by atoms with Crippen LogP contribution < -0.4 is 19.7 Å². The van der Waals surface area contributed by atoms with Gasteiger partial charge in [-0.3, -0.25) is 5.41 Å². The van der Waals surface area contributed by atoms with Gasteiger partial charge in [-0.2, -0.15) is 0 Å². The average Bonchev–Trinajstić information content (AvgIpc) is 3.62. The minimum Gasteiger partial charge on any atom is -0.497 e. The van der Waals surface area contributed by atoms with E-state index in [2.05, 4.69) is 16.9 Å². The first kappa shape index (κ1) is 25.8. The summed E-state index contributed by atoms with van der Waals surface area (Å²) in [6.07, 6.45) is 6.48. The number of rotatable bonds is 11. The number of hydrogen-bond donors (Lipinski definition) is 2. The third-order valence-corrected chi connectivity index (χ3v) is 6.95. The van der Waals surface area contributed by atoms with Gasteiger partial charge in [0.05, 0.1) is 46.4 Å². The van der Waals surface area contributed by atoms with Gasteiger partial charge in [0.1, 0.15) is 17.1 Å². The van der Waals surface area contributed by atoms with Crippen LogP contribution in [0.15, 0.2) is 48.8 Å². The summed E-state index contributed by atoms with van der Waals surface area (Å²) < 4.78 is 25.0. The van der Waals surface area contributed by atoms with E-state index >= 15 is 0 Å². The largest absolute Gasteiger partial charge is 0.497 e. The number of ether oxygens (including phenoxy) is 4. The van der Waals surface area contributed by atoms with Crippen LogP contribution in [0.3, 0.4) is 0 Å². The molecule has 200 valence electrons. The summed E-state index contributed by atoms with van der Waals surface area (Å²) >= 11 is 0. The molecule has 1 saturated carbocycles.